The molecule has 30 heavy (non-hydrogen) atoms. The molecule has 1 aliphatic heterocycles. The first kappa shape index (κ1) is 20.4. The number of benzene rings is 2. The molecule has 1 amide bonds. The lowest BCUT2D eigenvalue weighted by Crippen LogP contribution is -2.28. The molecule has 1 aliphatic rings. The Labute approximate surface area is 183 Å². The van der Waals surface area contributed by atoms with E-state index in [-0.39, 0.29) is 11.8 Å². The number of hydrogen-bond acceptors (Lipinski definition) is 5. The minimum absolute atomic E-state index is 0.203. The number of rotatable bonds is 2. The van der Waals surface area contributed by atoms with Gasteiger partial charge in [-0.3, -0.25) is 14.2 Å². The first-order valence-electron chi connectivity index (χ1n) is 9.30. The van der Waals surface area contributed by atoms with Crippen LogP contribution in [0.25, 0.3) is 11.4 Å². The van der Waals surface area contributed by atoms with E-state index < -0.39 is 0 Å². The number of carbonyl (C=O) groups excluding carboxylic acids is 2. The van der Waals surface area contributed by atoms with Gasteiger partial charge in [0.05, 0.1) is 0 Å². The number of thioether (sulfide) groups is 1. The molecule has 1 aromatic heterocycles. The summed E-state index contributed by atoms with van der Waals surface area (Å²) >= 11 is 7.34. The fourth-order valence-corrected chi connectivity index (χ4v) is 4.38. The number of amides is 1. The van der Waals surface area contributed by atoms with E-state index in [0.717, 1.165) is 16.7 Å². The number of hydrogen-bond donors (Lipinski definition) is 0. The lowest BCUT2D eigenvalue weighted by molar-refractivity contribution is -0.116. The maximum Gasteiger partial charge on any atom is 0.245 e. The first-order valence-corrected chi connectivity index (χ1v) is 10.5. The van der Waals surface area contributed by atoms with Gasteiger partial charge >= 0.3 is 0 Å². The monoisotopic (exact) mass is 438 g/mol. The van der Waals surface area contributed by atoms with Gasteiger partial charge in [-0.2, -0.15) is 10.1 Å². The summed E-state index contributed by atoms with van der Waals surface area (Å²) in [5.74, 6) is 0.305. The molecule has 0 saturated heterocycles. The van der Waals surface area contributed by atoms with Gasteiger partial charge in [-0.25, -0.2) is 4.98 Å². The smallest absolute Gasteiger partial charge is 0.245 e. The Bertz CT molecular complexity index is 1210. The van der Waals surface area contributed by atoms with Crippen molar-refractivity contribution in [1.29, 1.82) is 0 Å². The van der Waals surface area contributed by atoms with Crippen LogP contribution in [0.15, 0.2) is 52.6 Å². The number of nitrogens with zero attached hydrogens (tertiary/aromatic N) is 4. The van der Waals surface area contributed by atoms with Crippen molar-refractivity contribution in [1.82, 2.24) is 9.55 Å². The van der Waals surface area contributed by atoms with E-state index in [9.17, 15) is 9.59 Å². The van der Waals surface area contributed by atoms with Crippen molar-refractivity contribution in [2.45, 2.75) is 32.7 Å². The summed E-state index contributed by atoms with van der Waals surface area (Å²) < 4.78 is 1.52. The van der Waals surface area contributed by atoms with Crippen molar-refractivity contribution in [2.24, 2.45) is 5.10 Å². The molecule has 3 aromatic rings. The molecule has 0 N–H and O–H groups in total. The molecule has 0 fully saturated rings. The molecule has 0 radical (unpaired) electrons. The van der Waals surface area contributed by atoms with E-state index >= 15 is 0 Å². The topological polar surface area (TPSA) is 67.6 Å². The van der Waals surface area contributed by atoms with E-state index in [1.54, 1.807) is 24.3 Å². The molecular formula is C22H19ClN4O2S. The molecule has 0 saturated carbocycles. The fourth-order valence-electron chi connectivity index (χ4n) is 3.17. The molecule has 0 unspecified atom stereocenters. The van der Waals surface area contributed by atoms with Gasteiger partial charge < -0.3 is 0 Å². The minimum atomic E-state index is -0.284. The first-order chi connectivity index (χ1) is 14.3. The second-order valence-corrected chi connectivity index (χ2v) is 8.48. The zero-order valence-corrected chi connectivity index (χ0v) is 18.5. The van der Waals surface area contributed by atoms with Crippen molar-refractivity contribution < 1.29 is 9.59 Å². The molecule has 4 rings (SSSR count). The van der Waals surface area contributed by atoms with E-state index in [0.29, 0.717) is 26.7 Å². The van der Waals surface area contributed by atoms with E-state index in [4.69, 9.17) is 11.6 Å². The highest BCUT2D eigenvalue weighted by Crippen LogP contribution is 2.41. The molecule has 8 heteroatoms. The Kier molecular flexibility index (Phi) is 5.26. The number of carbonyl (C=O) groups is 2. The highest BCUT2D eigenvalue weighted by molar-refractivity contribution is 8.14. The second kappa shape index (κ2) is 7.74. The zero-order valence-electron chi connectivity index (χ0n) is 16.9. The number of aryl methyl sites for hydroxylation is 2. The molecule has 2 aromatic carbocycles. The van der Waals surface area contributed by atoms with Gasteiger partial charge in [-0.05, 0) is 67.1 Å². The quantitative estimate of drug-likeness (QED) is 0.544. The Hall–Kier alpha value is -2.90. The van der Waals surface area contributed by atoms with Crippen LogP contribution >= 0.6 is 23.4 Å². The Balaban J connectivity index is 1.89. The van der Waals surface area contributed by atoms with Crippen molar-refractivity contribution in [3.8, 4) is 11.4 Å². The van der Waals surface area contributed by atoms with Crippen LogP contribution in [-0.2, 0) is 4.79 Å². The van der Waals surface area contributed by atoms with E-state index in [1.807, 2.05) is 32.0 Å². The molecule has 0 spiro atoms. The maximum atomic E-state index is 12.6. The Morgan fingerprint density at radius 3 is 2.20 bits per heavy atom. The summed E-state index contributed by atoms with van der Waals surface area (Å²) in [4.78, 5) is 29.6. The maximum absolute atomic E-state index is 12.6. The van der Waals surface area contributed by atoms with Crippen LogP contribution in [0.5, 0.6) is 0 Å². The normalized spacial score (nSPS) is 13.1. The molecule has 0 atom stereocenters. The number of fused-ring (bicyclic) bond motifs is 1. The summed E-state index contributed by atoms with van der Waals surface area (Å²) in [6.45, 7) is 6.97. The molecular weight excluding hydrogens is 420 g/mol. The minimum Gasteiger partial charge on any atom is -0.274 e. The Morgan fingerprint density at radius 2 is 1.60 bits per heavy atom. The van der Waals surface area contributed by atoms with Gasteiger partial charge in [0, 0.05) is 30.0 Å². The standard InChI is InChI=1S/C22H19ClN4O2S/c1-12-5-6-17(11-13(12)2)21-25-27(15(4)29)20-22(30-21)26(14(3)28)19(24-20)16-7-9-18(23)10-8-16/h5-11H,1-4H3. The average Bonchev–Trinajstić information content (AvgIpc) is 3.09. The predicted octanol–water partition coefficient (Wildman–Crippen LogP) is 5.30. The van der Waals surface area contributed by atoms with Crippen molar-refractivity contribution in [2.75, 3.05) is 5.01 Å². The lowest BCUT2D eigenvalue weighted by Gasteiger charge is -2.22. The summed E-state index contributed by atoms with van der Waals surface area (Å²) in [6.07, 6.45) is 0. The van der Waals surface area contributed by atoms with Gasteiger partial charge in [0.1, 0.15) is 15.9 Å². The molecule has 2 heterocycles. The predicted molar refractivity (Wildman–Crippen MR) is 120 cm³/mol. The van der Waals surface area contributed by atoms with Gasteiger partial charge in [0.2, 0.25) is 11.8 Å². The summed E-state index contributed by atoms with van der Waals surface area (Å²) in [7, 11) is 0. The summed E-state index contributed by atoms with van der Waals surface area (Å²) in [6, 6.07) is 13.1. The third-order valence-corrected chi connectivity index (χ3v) is 6.19. The lowest BCUT2D eigenvalue weighted by atomic mass is 10.1. The third-order valence-electron chi connectivity index (χ3n) is 4.87. The number of imidazole rings is 1. The van der Waals surface area contributed by atoms with Crippen LogP contribution in [0, 0.1) is 13.8 Å². The molecule has 0 aliphatic carbocycles. The molecule has 0 bridgehead atoms. The van der Waals surface area contributed by atoms with Gasteiger partial charge in [-0.15, -0.1) is 0 Å². The number of anilines is 1. The van der Waals surface area contributed by atoms with Crippen molar-refractivity contribution >= 4 is 46.0 Å². The van der Waals surface area contributed by atoms with Gasteiger partial charge in [0.15, 0.2) is 5.82 Å². The largest absolute Gasteiger partial charge is 0.274 e. The highest BCUT2D eigenvalue weighted by Gasteiger charge is 2.32. The summed E-state index contributed by atoms with van der Waals surface area (Å²) in [5, 5.41) is 7.58. The highest BCUT2D eigenvalue weighted by atomic mass is 35.5. The van der Waals surface area contributed by atoms with E-state index in [1.165, 1.54) is 40.7 Å². The molecule has 6 nitrogen and oxygen atoms in total. The van der Waals surface area contributed by atoms with Crippen LogP contribution in [0.1, 0.15) is 35.3 Å². The fraction of sp³-hybridized carbons (Fsp3) is 0.182. The third kappa shape index (κ3) is 3.55. The van der Waals surface area contributed by atoms with Crippen LogP contribution in [0.4, 0.5) is 5.82 Å². The zero-order chi connectivity index (χ0) is 21.6. The van der Waals surface area contributed by atoms with Gasteiger partial charge in [0.25, 0.3) is 0 Å². The van der Waals surface area contributed by atoms with Crippen molar-refractivity contribution in [3.05, 3.63) is 64.2 Å². The van der Waals surface area contributed by atoms with Crippen molar-refractivity contribution in [3.63, 3.8) is 0 Å². The van der Waals surface area contributed by atoms with Gasteiger partial charge in [-0.1, -0.05) is 23.7 Å². The SMILES string of the molecule is CC(=O)N1N=C(c2ccc(C)c(C)c2)Sc2c1nc(-c1ccc(Cl)cc1)n2C(C)=O. The average molecular weight is 439 g/mol. The van der Waals surface area contributed by atoms with E-state index in [2.05, 4.69) is 10.1 Å². The second-order valence-electron chi connectivity index (χ2n) is 7.06. The van der Waals surface area contributed by atoms with Crippen LogP contribution in [0.3, 0.4) is 0 Å². The number of hydrazone groups is 1. The van der Waals surface area contributed by atoms with Crippen LogP contribution in [0.2, 0.25) is 5.02 Å². The molecule has 152 valence electrons. The van der Waals surface area contributed by atoms with Crippen LogP contribution < -0.4 is 5.01 Å². The summed E-state index contributed by atoms with van der Waals surface area (Å²) in [5.41, 5.74) is 3.89. The number of aromatic nitrogens is 2. The number of halogens is 1. The Morgan fingerprint density at radius 1 is 0.933 bits per heavy atom. The van der Waals surface area contributed by atoms with Crippen LogP contribution in [-0.4, -0.2) is 26.4 Å².